The second kappa shape index (κ2) is 9.40. The van der Waals surface area contributed by atoms with Crippen LogP contribution in [0.5, 0.6) is 0 Å². The van der Waals surface area contributed by atoms with Crippen LogP contribution in [-0.2, 0) is 0 Å². The molecule has 0 aromatic carbocycles. The van der Waals surface area contributed by atoms with Crippen LogP contribution in [0.25, 0.3) is 10.4 Å². The summed E-state index contributed by atoms with van der Waals surface area (Å²) >= 11 is 0. The molecule has 0 heterocycles. The summed E-state index contributed by atoms with van der Waals surface area (Å²) in [5.41, 5.74) is 8.35. The molecule has 0 aromatic heterocycles. The normalized spacial score (nSPS) is 12.2. The van der Waals surface area contributed by atoms with Crippen molar-refractivity contribution in [2.75, 3.05) is 0 Å². The Morgan fingerprint density at radius 2 is 1.69 bits per heavy atom. The van der Waals surface area contributed by atoms with Crippen LogP contribution in [-0.4, -0.2) is 6.04 Å². The quantitative estimate of drug-likeness (QED) is 0.231. The van der Waals surface area contributed by atoms with Gasteiger partial charge in [0.25, 0.3) is 0 Å². The molecule has 3 nitrogen and oxygen atoms in total. The van der Waals surface area contributed by atoms with Crippen molar-refractivity contribution in [3.05, 3.63) is 10.4 Å². The zero-order valence-corrected chi connectivity index (χ0v) is 8.87. The number of rotatable bonds is 8. The Kier molecular flexibility index (Phi) is 8.90. The highest BCUT2D eigenvalue weighted by atomic mass is 15.1. The Morgan fingerprint density at radius 1 is 1.08 bits per heavy atom. The third-order valence-corrected chi connectivity index (χ3v) is 2.25. The maximum Gasteiger partial charge on any atom is 0.0374 e. The SMILES string of the molecule is CCCCCC(CCCC)N=[N+]=[N-]. The summed E-state index contributed by atoms with van der Waals surface area (Å²) in [6, 6.07) is 0.247. The van der Waals surface area contributed by atoms with Crippen molar-refractivity contribution in [2.45, 2.75) is 64.8 Å². The molecule has 0 saturated carbocycles. The predicted octanol–water partition coefficient (Wildman–Crippen LogP) is 4.44. The summed E-state index contributed by atoms with van der Waals surface area (Å²) in [7, 11) is 0. The van der Waals surface area contributed by atoms with Crippen molar-refractivity contribution in [1.29, 1.82) is 0 Å². The van der Waals surface area contributed by atoms with Crippen molar-refractivity contribution < 1.29 is 0 Å². The Bertz CT molecular complexity index is 150. The molecule has 0 rings (SSSR count). The molecule has 1 atom stereocenters. The molecule has 1 unspecified atom stereocenters. The number of hydrogen-bond acceptors (Lipinski definition) is 1. The molecule has 0 aliphatic rings. The molecule has 0 radical (unpaired) electrons. The van der Waals surface area contributed by atoms with E-state index in [0.29, 0.717) is 0 Å². The van der Waals surface area contributed by atoms with Gasteiger partial charge in [-0.3, -0.25) is 0 Å². The average Bonchev–Trinajstić information content (AvgIpc) is 2.14. The molecule has 0 saturated heterocycles. The second-order valence-electron chi connectivity index (χ2n) is 3.50. The summed E-state index contributed by atoms with van der Waals surface area (Å²) in [5, 5.41) is 3.81. The van der Waals surface area contributed by atoms with Crippen LogP contribution in [0.3, 0.4) is 0 Å². The fourth-order valence-corrected chi connectivity index (χ4v) is 1.40. The molecule has 0 aliphatic heterocycles. The number of azide groups is 1. The first kappa shape index (κ1) is 12.3. The zero-order chi connectivity index (χ0) is 9.94. The molecule has 3 heteroatoms. The third-order valence-electron chi connectivity index (χ3n) is 2.25. The van der Waals surface area contributed by atoms with Gasteiger partial charge in [-0.2, -0.15) is 0 Å². The summed E-state index contributed by atoms with van der Waals surface area (Å²) in [6.07, 6.45) is 8.17. The van der Waals surface area contributed by atoms with Crippen LogP contribution in [0.1, 0.15) is 58.8 Å². The van der Waals surface area contributed by atoms with Gasteiger partial charge in [-0.15, -0.1) is 0 Å². The molecule has 76 valence electrons. The van der Waals surface area contributed by atoms with E-state index in [2.05, 4.69) is 23.9 Å². The summed E-state index contributed by atoms with van der Waals surface area (Å²) in [6.45, 7) is 4.35. The second-order valence-corrected chi connectivity index (χ2v) is 3.50. The van der Waals surface area contributed by atoms with Crippen LogP contribution in [0.2, 0.25) is 0 Å². The zero-order valence-electron chi connectivity index (χ0n) is 8.87. The summed E-state index contributed by atoms with van der Waals surface area (Å²) < 4.78 is 0. The van der Waals surface area contributed by atoms with Crippen LogP contribution in [0.4, 0.5) is 0 Å². The van der Waals surface area contributed by atoms with Crippen LogP contribution in [0, 0.1) is 0 Å². The van der Waals surface area contributed by atoms with E-state index in [1.165, 1.54) is 32.1 Å². The van der Waals surface area contributed by atoms with Crippen molar-refractivity contribution in [3.63, 3.8) is 0 Å². The monoisotopic (exact) mass is 183 g/mol. The van der Waals surface area contributed by atoms with Gasteiger partial charge in [0.1, 0.15) is 0 Å². The van der Waals surface area contributed by atoms with Crippen molar-refractivity contribution in [3.8, 4) is 0 Å². The lowest BCUT2D eigenvalue weighted by Gasteiger charge is -2.08. The fourth-order valence-electron chi connectivity index (χ4n) is 1.40. The lowest BCUT2D eigenvalue weighted by Crippen LogP contribution is -2.02. The lowest BCUT2D eigenvalue weighted by atomic mass is 10.0. The molecule has 0 bridgehead atoms. The lowest BCUT2D eigenvalue weighted by molar-refractivity contribution is 0.509. The minimum absolute atomic E-state index is 0.247. The maximum atomic E-state index is 8.35. The molecule has 0 spiro atoms. The third kappa shape index (κ3) is 7.66. The van der Waals surface area contributed by atoms with E-state index in [0.717, 1.165) is 12.8 Å². The van der Waals surface area contributed by atoms with Gasteiger partial charge in [0.15, 0.2) is 0 Å². The Morgan fingerprint density at radius 3 is 2.23 bits per heavy atom. The average molecular weight is 183 g/mol. The van der Waals surface area contributed by atoms with E-state index in [1.54, 1.807) is 0 Å². The van der Waals surface area contributed by atoms with Gasteiger partial charge >= 0.3 is 0 Å². The Hall–Kier alpha value is -0.690. The van der Waals surface area contributed by atoms with Gasteiger partial charge in [0, 0.05) is 11.0 Å². The minimum atomic E-state index is 0.247. The van der Waals surface area contributed by atoms with Gasteiger partial charge in [0.05, 0.1) is 0 Å². The van der Waals surface area contributed by atoms with E-state index < -0.39 is 0 Å². The van der Waals surface area contributed by atoms with Crippen LogP contribution in [0.15, 0.2) is 5.11 Å². The number of nitrogens with zero attached hydrogens (tertiary/aromatic N) is 3. The fraction of sp³-hybridized carbons (Fsp3) is 1.00. The number of hydrogen-bond donors (Lipinski definition) is 0. The first-order valence-corrected chi connectivity index (χ1v) is 5.39. The highest BCUT2D eigenvalue weighted by Gasteiger charge is 2.04. The molecule has 0 aliphatic carbocycles. The summed E-state index contributed by atoms with van der Waals surface area (Å²) in [4.78, 5) is 2.89. The molecule has 0 fully saturated rings. The highest BCUT2D eigenvalue weighted by Crippen LogP contribution is 2.13. The van der Waals surface area contributed by atoms with Crippen LogP contribution < -0.4 is 0 Å². The smallest absolute Gasteiger partial charge is 0.0374 e. The largest absolute Gasteiger partial charge is 0.0906 e. The predicted molar refractivity (Wildman–Crippen MR) is 56.6 cm³/mol. The van der Waals surface area contributed by atoms with Gasteiger partial charge in [-0.1, -0.05) is 51.1 Å². The molecule has 13 heavy (non-hydrogen) atoms. The van der Waals surface area contributed by atoms with E-state index in [4.69, 9.17) is 5.53 Å². The minimum Gasteiger partial charge on any atom is -0.0906 e. The van der Waals surface area contributed by atoms with Gasteiger partial charge in [-0.25, -0.2) is 0 Å². The van der Waals surface area contributed by atoms with E-state index >= 15 is 0 Å². The first-order valence-electron chi connectivity index (χ1n) is 5.39. The molecule has 0 N–H and O–H groups in total. The van der Waals surface area contributed by atoms with Gasteiger partial charge < -0.3 is 0 Å². The molecular weight excluding hydrogens is 162 g/mol. The molecule has 0 amide bonds. The van der Waals surface area contributed by atoms with Crippen molar-refractivity contribution in [1.82, 2.24) is 0 Å². The first-order chi connectivity index (χ1) is 6.35. The Labute approximate surface area is 81.2 Å². The Balaban J connectivity index is 3.60. The number of unbranched alkanes of at least 4 members (excludes halogenated alkanes) is 3. The topological polar surface area (TPSA) is 48.8 Å². The summed E-state index contributed by atoms with van der Waals surface area (Å²) in [5.74, 6) is 0. The van der Waals surface area contributed by atoms with Crippen LogP contribution >= 0.6 is 0 Å². The van der Waals surface area contributed by atoms with E-state index in [-0.39, 0.29) is 6.04 Å². The maximum absolute atomic E-state index is 8.35. The van der Waals surface area contributed by atoms with E-state index in [1.807, 2.05) is 0 Å². The van der Waals surface area contributed by atoms with E-state index in [9.17, 15) is 0 Å². The van der Waals surface area contributed by atoms with Crippen molar-refractivity contribution >= 4 is 0 Å². The highest BCUT2D eigenvalue weighted by molar-refractivity contribution is 4.66. The molecular formula is C10H21N3. The standard InChI is InChI=1S/C10H21N3/c1-3-5-7-9-10(12-13-11)8-6-4-2/h10H,3-9H2,1-2H3. The van der Waals surface area contributed by atoms with Gasteiger partial charge in [-0.05, 0) is 18.4 Å². The van der Waals surface area contributed by atoms with Crippen molar-refractivity contribution in [2.24, 2.45) is 5.11 Å². The van der Waals surface area contributed by atoms with Gasteiger partial charge in [0.2, 0.25) is 0 Å². The molecule has 0 aromatic rings.